The molecule has 2 rings (SSSR count). The quantitative estimate of drug-likeness (QED) is 0.702. The highest BCUT2D eigenvalue weighted by Crippen LogP contribution is 2.27. The van der Waals surface area contributed by atoms with E-state index in [4.69, 9.17) is 5.11 Å². The van der Waals surface area contributed by atoms with E-state index in [1.807, 2.05) is 0 Å². The van der Waals surface area contributed by atoms with E-state index < -0.39 is 5.97 Å². The van der Waals surface area contributed by atoms with E-state index >= 15 is 0 Å². The van der Waals surface area contributed by atoms with E-state index in [9.17, 15) is 9.59 Å². The number of carbonyl (C=O) groups is 2. The summed E-state index contributed by atoms with van der Waals surface area (Å²) in [6.45, 7) is 0.369. The van der Waals surface area contributed by atoms with Crippen molar-refractivity contribution in [2.24, 2.45) is 5.92 Å². The summed E-state index contributed by atoms with van der Waals surface area (Å²) in [5.41, 5.74) is 0.155. The lowest BCUT2D eigenvalue weighted by atomic mass is 10.4. The molecule has 0 radical (unpaired) electrons. The van der Waals surface area contributed by atoms with Crippen molar-refractivity contribution in [2.45, 2.75) is 19.4 Å². The minimum Gasteiger partial charge on any atom is -0.480 e. The number of carboxylic acid groups (broad SMARTS) is 1. The molecule has 2 N–H and O–H groups in total. The van der Waals surface area contributed by atoms with Crippen LogP contribution in [0.1, 0.15) is 23.3 Å². The fraction of sp³-hybridized carbons (Fsp3) is 0.556. The normalized spacial score (nSPS) is 14.8. The molecule has 1 heterocycles. The van der Waals surface area contributed by atoms with Gasteiger partial charge in [0, 0.05) is 6.54 Å². The van der Waals surface area contributed by atoms with Crippen LogP contribution in [0, 0.1) is 5.92 Å². The highest BCUT2D eigenvalue weighted by Gasteiger charge is 2.22. The predicted octanol–water partition coefficient (Wildman–Crippen LogP) is -0.498. The first-order valence-corrected chi connectivity index (χ1v) is 5.05. The molecule has 1 saturated carbocycles. The van der Waals surface area contributed by atoms with E-state index in [0.717, 1.165) is 17.5 Å². The van der Waals surface area contributed by atoms with Gasteiger partial charge in [-0.25, -0.2) is 4.68 Å². The molecule has 0 aromatic carbocycles. The highest BCUT2D eigenvalue weighted by atomic mass is 16.4. The molecule has 7 nitrogen and oxygen atoms in total. The SMILES string of the molecule is O=C(O)Cn1cc(C(=O)NCC2CC2)nn1. The topological polar surface area (TPSA) is 97.1 Å². The van der Waals surface area contributed by atoms with Crippen molar-refractivity contribution in [3.63, 3.8) is 0 Å². The summed E-state index contributed by atoms with van der Waals surface area (Å²) in [7, 11) is 0. The summed E-state index contributed by atoms with van der Waals surface area (Å²) < 4.78 is 1.12. The summed E-state index contributed by atoms with van der Waals surface area (Å²) in [6, 6.07) is 0. The Labute approximate surface area is 91.4 Å². The van der Waals surface area contributed by atoms with Crippen molar-refractivity contribution in [3.05, 3.63) is 11.9 Å². The second kappa shape index (κ2) is 4.30. The molecule has 1 aromatic heterocycles. The van der Waals surface area contributed by atoms with Gasteiger partial charge in [0.05, 0.1) is 6.20 Å². The van der Waals surface area contributed by atoms with Crippen molar-refractivity contribution in [3.8, 4) is 0 Å². The van der Waals surface area contributed by atoms with Gasteiger partial charge in [0.25, 0.3) is 5.91 Å². The van der Waals surface area contributed by atoms with Crippen LogP contribution in [0.25, 0.3) is 0 Å². The minimum absolute atomic E-state index is 0.155. The first-order valence-electron chi connectivity index (χ1n) is 5.05. The molecular weight excluding hydrogens is 212 g/mol. The maximum atomic E-state index is 11.5. The highest BCUT2D eigenvalue weighted by molar-refractivity contribution is 5.91. The monoisotopic (exact) mass is 224 g/mol. The summed E-state index contributed by atoms with van der Waals surface area (Å²) in [6.07, 6.45) is 3.65. The Kier molecular flexibility index (Phi) is 2.84. The molecule has 86 valence electrons. The lowest BCUT2D eigenvalue weighted by Crippen LogP contribution is -2.25. The van der Waals surface area contributed by atoms with E-state index in [1.54, 1.807) is 0 Å². The zero-order valence-corrected chi connectivity index (χ0v) is 8.59. The van der Waals surface area contributed by atoms with Gasteiger partial charge in [-0.1, -0.05) is 5.21 Å². The molecule has 0 atom stereocenters. The Morgan fingerprint density at radius 3 is 2.94 bits per heavy atom. The van der Waals surface area contributed by atoms with Gasteiger partial charge in [-0.05, 0) is 18.8 Å². The van der Waals surface area contributed by atoms with Crippen molar-refractivity contribution in [1.29, 1.82) is 0 Å². The summed E-state index contributed by atoms with van der Waals surface area (Å²) >= 11 is 0. The Morgan fingerprint density at radius 2 is 2.31 bits per heavy atom. The Bertz CT molecular complexity index is 411. The molecular formula is C9H12N4O3. The lowest BCUT2D eigenvalue weighted by molar-refractivity contribution is -0.137. The van der Waals surface area contributed by atoms with E-state index in [1.165, 1.54) is 6.20 Å². The average molecular weight is 224 g/mol. The molecule has 0 bridgehead atoms. The van der Waals surface area contributed by atoms with Gasteiger partial charge in [-0.3, -0.25) is 9.59 Å². The molecule has 1 aliphatic rings. The third kappa shape index (κ3) is 2.78. The first-order chi connectivity index (χ1) is 7.65. The minimum atomic E-state index is -1.02. The fourth-order valence-electron chi connectivity index (χ4n) is 1.27. The fourth-order valence-corrected chi connectivity index (χ4v) is 1.27. The molecule has 7 heteroatoms. The Morgan fingerprint density at radius 1 is 1.56 bits per heavy atom. The number of aromatic nitrogens is 3. The third-order valence-corrected chi connectivity index (χ3v) is 2.32. The largest absolute Gasteiger partial charge is 0.480 e. The number of hydrogen-bond acceptors (Lipinski definition) is 4. The first kappa shape index (κ1) is 10.6. The Hall–Kier alpha value is -1.92. The van der Waals surface area contributed by atoms with Gasteiger partial charge >= 0.3 is 5.97 Å². The number of carboxylic acids is 1. The van der Waals surface area contributed by atoms with Crippen LogP contribution in [0.3, 0.4) is 0 Å². The van der Waals surface area contributed by atoms with Crippen LogP contribution >= 0.6 is 0 Å². The van der Waals surface area contributed by atoms with Crippen molar-refractivity contribution in [2.75, 3.05) is 6.54 Å². The number of nitrogens with zero attached hydrogens (tertiary/aromatic N) is 3. The Balaban J connectivity index is 1.89. The molecule has 1 amide bonds. The van der Waals surface area contributed by atoms with Crippen LogP contribution in [0.4, 0.5) is 0 Å². The van der Waals surface area contributed by atoms with Gasteiger partial charge in [0.15, 0.2) is 5.69 Å². The molecule has 1 aromatic rings. The molecule has 0 saturated heterocycles. The van der Waals surface area contributed by atoms with Gasteiger partial charge in [-0.15, -0.1) is 5.10 Å². The zero-order chi connectivity index (χ0) is 11.5. The van der Waals surface area contributed by atoms with Crippen molar-refractivity contribution in [1.82, 2.24) is 20.3 Å². The van der Waals surface area contributed by atoms with Crippen LogP contribution in [-0.2, 0) is 11.3 Å². The van der Waals surface area contributed by atoms with E-state index in [0.29, 0.717) is 12.5 Å². The summed E-state index contributed by atoms with van der Waals surface area (Å²) in [4.78, 5) is 21.9. The zero-order valence-electron chi connectivity index (χ0n) is 8.59. The second-order valence-corrected chi connectivity index (χ2v) is 3.85. The van der Waals surface area contributed by atoms with Crippen LogP contribution in [0.2, 0.25) is 0 Å². The number of amides is 1. The maximum Gasteiger partial charge on any atom is 0.325 e. The summed E-state index contributed by atoms with van der Waals surface area (Å²) in [5.74, 6) is -0.726. The van der Waals surface area contributed by atoms with E-state index in [2.05, 4.69) is 15.6 Å². The molecule has 0 spiro atoms. The predicted molar refractivity (Wildman–Crippen MR) is 52.7 cm³/mol. The van der Waals surface area contributed by atoms with Gasteiger partial charge < -0.3 is 10.4 Å². The number of rotatable bonds is 5. The molecule has 0 aliphatic heterocycles. The van der Waals surface area contributed by atoms with Crippen LogP contribution in [0.15, 0.2) is 6.20 Å². The number of hydrogen-bond donors (Lipinski definition) is 2. The molecule has 1 aliphatic carbocycles. The van der Waals surface area contributed by atoms with Crippen LogP contribution in [-0.4, -0.2) is 38.5 Å². The number of carbonyl (C=O) groups excluding carboxylic acids is 1. The van der Waals surface area contributed by atoms with Crippen molar-refractivity contribution < 1.29 is 14.7 Å². The number of aliphatic carboxylic acids is 1. The molecule has 1 fully saturated rings. The average Bonchev–Trinajstić information content (AvgIpc) is 2.94. The van der Waals surface area contributed by atoms with Gasteiger partial charge in [-0.2, -0.15) is 0 Å². The van der Waals surface area contributed by atoms with Gasteiger partial charge in [0.2, 0.25) is 0 Å². The van der Waals surface area contributed by atoms with Crippen LogP contribution in [0.5, 0.6) is 0 Å². The van der Waals surface area contributed by atoms with Gasteiger partial charge in [0.1, 0.15) is 6.54 Å². The summed E-state index contributed by atoms with van der Waals surface area (Å²) in [5, 5.41) is 18.4. The van der Waals surface area contributed by atoms with Crippen molar-refractivity contribution >= 4 is 11.9 Å². The smallest absolute Gasteiger partial charge is 0.325 e. The number of nitrogens with one attached hydrogen (secondary N) is 1. The molecule has 0 unspecified atom stereocenters. The third-order valence-electron chi connectivity index (χ3n) is 2.32. The van der Waals surface area contributed by atoms with Crippen LogP contribution < -0.4 is 5.32 Å². The second-order valence-electron chi connectivity index (χ2n) is 3.85. The lowest BCUT2D eigenvalue weighted by Gasteiger charge is -1.99. The molecule has 16 heavy (non-hydrogen) atoms. The van der Waals surface area contributed by atoms with E-state index in [-0.39, 0.29) is 18.1 Å². The maximum absolute atomic E-state index is 11.5. The standard InChI is InChI=1S/C9H12N4O3/c14-8(15)5-13-4-7(11-12-13)9(16)10-3-6-1-2-6/h4,6H,1-3,5H2,(H,10,16)(H,14,15).